The Morgan fingerprint density at radius 1 is 1.37 bits per heavy atom. The molecule has 106 valence electrons. The van der Waals surface area contributed by atoms with E-state index in [4.69, 9.17) is 4.74 Å². The van der Waals surface area contributed by atoms with Gasteiger partial charge in [0, 0.05) is 4.90 Å². The van der Waals surface area contributed by atoms with Crippen LogP contribution in [0.25, 0.3) is 0 Å². The van der Waals surface area contributed by atoms with E-state index in [1.807, 2.05) is 6.92 Å². The fourth-order valence-electron chi connectivity index (χ4n) is 1.81. The summed E-state index contributed by atoms with van der Waals surface area (Å²) in [6.45, 7) is 4.04. The van der Waals surface area contributed by atoms with Gasteiger partial charge in [0.25, 0.3) is 0 Å². The van der Waals surface area contributed by atoms with Gasteiger partial charge in [0.15, 0.2) is 0 Å². The maximum Gasteiger partial charge on any atom is 0.338 e. The molecule has 1 aromatic rings. The van der Waals surface area contributed by atoms with Gasteiger partial charge in [-0.2, -0.15) is 0 Å². The number of hydrogen-bond acceptors (Lipinski definition) is 3. The first kappa shape index (κ1) is 16.0. The molecule has 0 fully saturated rings. The lowest BCUT2D eigenvalue weighted by Crippen LogP contribution is -2.15. The third kappa shape index (κ3) is 5.64. The lowest BCUT2D eigenvalue weighted by molar-refractivity contribution is 0.0319. The Morgan fingerprint density at radius 2 is 2.11 bits per heavy atom. The van der Waals surface area contributed by atoms with Gasteiger partial charge in [-0.15, -0.1) is 12.6 Å². The Morgan fingerprint density at radius 3 is 2.74 bits per heavy atom. The van der Waals surface area contributed by atoms with Gasteiger partial charge in [0.2, 0.25) is 0 Å². The molecule has 0 aromatic heterocycles. The number of halogens is 1. The van der Waals surface area contributed by atoms with E-state index < -0.39 is 11.8 Å². The zero-order valence-corrected chi connectivity index (χ0v) is 12.4. The molecule has 0 amide bonds. The van der Waals surface area contributed by atoms with Crippen molar-refractivity contribution in [2.45, 2.75) is 57.0 Å². The van der Waals surface area contributed by atoms with Crippen molar-refractivity contribution < 1.29 is 13.9 Å². The van der Waals surface area contributed by atoms with Crippen LogP contribution in [0.15, 0.2) is 23.1 Å². The van der Waals surface area contributed by atoms with Crippen LogP contribution in [0.5, 0.6) is 0 Å². The molecule has 0 bridgehead atoms. The van der Waals surface area contributed by atoms with E-state index >= 15 is 0 Å². The van der Waals surface area contributed by atoms with E-state index in [1.54, 1.807) is 0 Å². The van der Waals surface area contributed by atoms with Gasteiger partial charge >= 0.3 is 5.97 Å². The number of thiol groups is 1. The smallest absolute Gasteiger partial charge is 0.338 e. The second-order valence-electron chi connectivity index (χ2n) is 4.73. The molecule has 0 saturated carbocycles. The number of hydrogen-bond donors (Lipinski definition) is 1. The first-order chi connectivity index (χ1) is 9.04. The Labute approximate surface area is 119 Å². The van der Waals surface area contributed by atoms with Crippen LogP contribution >= 0.6 is 12.6 Å². The summed E-state index contributed by atoms with van der Waals surface area (Å²) < 4.78 is 18.4. The molecule has 0 aliphatic carbocycles. The quantitative estimate of drug-likeness (QED) is 0.449. The standard InChI is InChI=1S/C15H21FO2S/c1-3-4-5-6-7-11(2)18-15(17)12-8-9-13(16)14(19)10-12/h8-11,19H,3-7H2,1-2H3. The summed E-state index contributed by atoms with van der Waals surface area (Å²) in [7, 11) is 0. The molecule has 4 heteroatoms. The van der Waals surface area contributed by atoms with Gasteiger partial charge in [-0.05, 0) is 38.0 Å². The summed E-state index contributed by atoms with van der Waals surface area (Å²) in [6, 6.07) is 4.04. The molecule has 1 unspecified atom stereocenters. The van der Waals surface area contributed by atoms with Gasteiger partial charge < -0.3 is 4.74 Å². The predicted octanol–water partition coefficient (Wildman–Crippen LogP) is 4.63. The monoisotopic (exact) mass is 284 g/mol. The highest BCUT2D eigenvalue weighted by atomic mass is 32.1. The molecule has 0 aliphatic rings. The number of esters is 1. The van der Waals surface area contributed by atoms with Gasteiger partial charge in [0.1, 0.15) is 5.82 Å². The van der Waals surface area contributed by atoms with Crippen molar-refractivity contribution in [2.75, 3.05) is 0 Å². The summed E-state index contributed by atoms with van der Waals surface area (Å²) in [5, 5.41) is 0. The molecule has 2 nitrogen and oxygen atoms in total. The number of ether oxygens (including phenoxy) is 1. The Balaban J connectivity index is 2.43. The Bertz CT molecular complexity index is 421. The summed E-state index contributed by atoms with van der Waals surface area (Å²) in [4.78, 5) is 12.0. The predicted molar refractivity (Wildman–Crippen MR) is 77.3 cm³/mol. The molecule has 19 heavy (non-hydrogen) atoms. The number of rotatable bonds is 7. The molecular formula is C15H21FO2S. The second-order valence-corrected chi connectivity index (χ2v) is 5.21. The number of carbonyl (C=O) groups excluding carboxylic acids is 1. The fraction of sp³-hybridized carbons (Fsp3) is 0.533. The Kier molecular flexibility index (Phi) is 6.92. The second kappa shape index (κ2) is 8.20. The average Bonchev–Trinajstić information content (AvgIpc) is 2.38. The molecule has 0 N–H and O–H groups in total. The van der Waals surface area contributed by atoms with Crippen LogP contribution in [-0.2, 0) is 4.74 Å². The lowest BCUT2D eigenvalue weighted by atomic mass is 10.1. The minimum absolute atomic E-state index is 0.113. The van der Waals surface area contributed by atoms with Crippen molar-refractivity contribution in [3.63, 3.8) is 0 Å². The van der Waals surface area contributed by atoms with Crippen LogP contribution in [0, 0.1) is 5.82 Å². The van der Waals surface area contributed by atoms with Crippen molar-refractivity contribution in [1.82, 2.24) is 0 Å². The molecule has 0 aliphatic heterocycles. The minimum atomic E-state index is -0.438. The minimum Gasteiger partial charge on any atom is -0.459 e. The highest BCUT2D eigenvalue weighted by Gasteiger charge is 2.13. The molecule has 1 rings (SSSR count). The van der Waals surface area contributed by atoms with E-state index in [0.717, 1.165) is 19.3 Å². The van der Waals surface area contributed by atoms with E-state index in [1.165, 1.54) is 31.0 Å². The largest absolute Gasteiger partial charge is 0.459 e. The number of unbranched alkanes of at least 4 members (excludes halogenated alkanes) is 3. The summed E-state index contributed by atoms with van der Waals surface area (Å²) in [5.41, 5.74) is 0.340. The normalized spacial score (nSPS) is 12.2. The van der Waals surface area contributed by atoms with Gasteiger partial charge in [-0.1, -0.05) is 26.2 Å². The third-order valence-electron chi connectivity index (χ3n) is 2.95. The zero-order chi connectivity index (χ0) is 14.3. The van der Waals surface area contributed by atoms with Crippen LogP contribution < -0.4 is 0 Å². The van der Waals surface area contributed by atoms with E-state index in [9.17, 15) is 9.18 Å². The SMILES string of the molecule is CCCCCCC(C)OC(=O)c1ccc(F)c(S)c1. The van der Waals surface area contributed by atoms with E-state index in [0.29, 0.717) is 5.56 Å². The number of benzene rings is 1. The first-order valence-electron chi connectivity index (χ1n) is 6.74. The lowest BCUT2D eigenvalue weighted by Gasteiger charge is -2.13. The molecule has 1 atom stereocenters. The summed E-state index contributed by atoms with van der Waals surface area (Å²) in [5.74, 6) is -0.856. The fourth-order valence-corrected chi connectivity index (χ4v) is 2.02. The zero-order valence-electron chi connectivity index (χ0n) is 11.5. The molecule has 1 aromatic carbocycles. The van der Waals surface area contributed by atoms with Crippen LogP contribution in [0.3, 0.4) is 0 Å². The van der Waals surface area contributed by atoms with Crippen LogP contribution in [-0.4, -0.2) is 12.1 Å². The maximum absolute atomic E-state index is 13.0. The Hall–Kier alpha value is -1.03. The number of carbonyl (C=O) groups is 1. The maximum atomic E-state index is 13.0. The van der Waals surface area contributed by atoms with Crippen LogP contribution in [0.4, 0.5) is 4.39 Å². The van der Waals surface area contributed by atoms with Crippen molar-refractivity contribution in [1.29, 1.82) is 0 Å². The third-order valence-corrected chi connectivity index (χ3v) is 3.30. The van der Waals surface area contributed by atoms with Gasteiger partial charge in [-0.3, -0.25) is 0 Å². The molecule has 0 radical (unpaired) electrons. The molecule has 0 saturated heterocycles. The topological polar surface area (TPSA) is 26.3 Å². The van der Waals surface area contributed by atoms with E-state index in [2.05, 4.69) is 19.6 Å². The highest BCUT2D eigenvalue weighted by molar-refractivity contribution is 7.80. The summed E-state index contributed by atoms with van der Waals surface area (Å²) >= 11 is 3.95. The molecular weight excluding hydrogens is 263 g/mol. The van der Waals surface area contributed by atoms with Crippen LogP contribution in [0.1, 0.15) is 56.3 Å². The van der Waals surface area contributed by atoms with Gasteiger partial charge in [0.05, 0.1) is 11.7 Å². The van der Waals surface area contributed by atoms with Crippen molar-refractivity contribution in [3.8, 4) is 0 Å². The van der Waals surface area contributed by atoms with Crippen LogP contribution in [0.2, 0.25) is 0 Å². The van der Waals surface area contributed by atoms with Crippen molar-refractivity contribution >= 4 is 18.6 Å². The highest BCUT2D eigenvalue weighted by Crippen LogP contribution is 2.16. The molecule has 0 spiro atoms. The van der Waals surface area contributed by atoms with E-state index in [-0.39, 0.29) is 11.0 Å². The average molecular weight is 284 g/mol. The first-order valence-corrected chi connectivity index (χ1v) is 7.18. The molecule has 0 heterocycles. The summed E-state index contributed by atoms with van der Waals surface area (Å²) in [6.07, 6.45) is 5.37. The van der Waals surface area contributed by atoms with Gasteiger partial charge in [-0.25, -0.2) is 9.18 Å². The van der Waals surface area contributed by atoms with Crippen molar-refractivity contribution in [2.24, 2.45) is 0 Å². The van der Waals surface area contributed by atoms with Crippen molar-refractivity contribution in [3.05, 3.63) is 29.6 Å².